The number of ether oxygens (including phenoxy) is 2. The molecular weight excluding hydrogens is 308 g/mol. The average molecular weight is 332 g/mol. The van der Waals surface area contributed by atoms with Crippen LogP contribution in [-0.2, 0) is 16.0 Å². The van der Waals surface area contributed by atoms with Gasteiger partial charge in [0.25, 0.3) is 0 Å². The smallest absolute Gasteiger partial charge is 0.347 e. The van der Waals surface area contributed by atoms with Gasteiger partial charge < -0.3 is 13.9 Å². The maximum atomic E-state index is 12.2. The van der Waals surface area contributed by atoms with E-state index in [1.54, 1.807) is 26.0 Å². The number of unbranched alkanes of at least 4 members (excludes halogenated alkanes) is 1. The summed E-state index contributed by atoms with van der Waals surface area (Å²) in [4.78, 5) is 23.8. The van der Waals surface area contributed by atoms with E-state index in [9.17, 15) is 9.59 Å². The maximum Gasteiger partial charge on any atom is 0.347 e. The summed E-state index contributed by atoms with van der Waals surface area (Å²) >= 11 is 0. The second kappa shape index (κ2) is 7.99. The Morgan fingerprint density at radius 1 is 1.29 bits per heavy atom. The summed E-state index contributed by atoms with van der Waals surface area (Å²) in [5.74, 6) is 0.0389. The minimum atomic E-state index is -0.723. The van der Waals surface area contributed by atoms with Gasteiger partial charge in [-0.1, -0.05) is 13.3 Å². The number of aryl methyl sites for hydroxylation is 1. The van der Waals surface area contributed by atoms with E-state index in [0.717, 1.165) is 35.8 Å². The maximum absolute atomic E-state index is 12.2. The fraction of sp³-hybridized carbons (Fsp3) is 0.474. The van der Waals surface area contributed by atoms with Gasteiger partial charge in [-0.05, 0) is 51.3 Å². The van der Waals surface area contributed by atoms with Crippen LogP contribution in [0.25, 0.3) is 11.0 Å². The minimum absolute atomic E-state index is 0.302. The molecule has 0 unspecified atom stereocenters. The Morgan fingerprint density at radius 3 is 2.71 bits per heavy atom. The lowest BCUT2D eigenvalue weighted by Crippen LogP contribution is -2.26. The number of carbonyl (C=O) groups excluding carboxylic acids is 1. The molecule has 0 fully saturated rings. The molecule has 0 bridgehead atoms. The summed E-state index contributed by atoms with van der Waals surface area (Å²) in [6, 6.07) is 5.27. The van der Waals surface area contributed by atoms with Crippen LogP contribution >= 0.6 is 0 Å². The SMILES string of the molecule is CCCCc1c(C)c2ccc(O[C@H](C)C(=O)OCC)cc2oc1=O. The fourth-order valence-electron chi connectivity index (χ4n) is 2.60. The van der Waals surface area contributed by atoms with Crippen molar-refractivity contribution in [3.05, 3.63) is 39.7 Å². The molecule has 2 aromatic rings. The van der Waals surface area contributed by atoms with Crippen molar-refractivity contribution in [3.8, 4) is 5.75 Å². The van der Waals surface area contributed by atoms with Crippen molar-refractivity contribution in [1.29, 1.82) is 0 Å². The molecule has 5 heteroatoms. The number of fused-ring (bicyclic) bond motifs is 1. The highest BCUT2D eigenvalue weighted by atomic mass is 16.6. The van der Waals surface area contributed by atoms with E-state index < -0.39 is 12.1 Å². The molecule has 1 aromatic carbocycles. The van der Waals surface area contributed by atoms with Gasteiger partial charge in [0.1, 0.15) is 11.3 Å². The Hall–Kier alpha value is -2.30. The van der Waals surface area contributed by atoms with E-state index in [1.807, 2.05) is 13.0 Å². The molecule has 0 aliphatic rings. The van der Waals surface area contributed by atoms with Crippen molar-refractivity contribution in [2.75, 3.05) is 6.61 Å². The third-order valence-electron chi connectivity index (χ3n) is 3.97. The van der Waals surface area contributed by atoms with Crippen LogP contribution in [0.2, 0.25) is 0 Å². The van der Waals surface area contributed by atoms with Crippen molar-refractivity contribution in [1.82, 2.24) is 0 Å². The lowest BCUT2D eigenvalue weighted by atomic mass is 10.0. The zero-order valence-electron chi connectivity index (χ0n) is 14.7. The molecule has 2 rings (SSSR count). The molecule has 130 valence electrons. The van der Waals surface area contributed by atoms with Gasteiger partial charge in [-0.25, -0.2) is 9.59 Å². The van der Waals surface area contributed by atoms with Gasteiger partial charge >= 0.3 is 11.6 Å². The molecule has 5 nitrogen and oxygen atoms in total. The van der Waals surface area contributed by atoms with E-state index >= 15 is 0 Å². The molecule has 0 aliphatic carbocycles. The topological polar surface area (TPSA) is 65.7 Å². The Morgan fingerprint density at radius 2 is 2.04 bits per heavy atom. The van der Waals surface area contributed by atoms with Gasteiger partial charge in [-0.15, -0.1) is 0 Å². The third kappa shape index (κ3) is 3.96. The predicted molar refractivity (Wildman–Crippen MR) is 92.6 cm³/mol. The fourth-order valence-corrected chi connectivity index (χ4v) is 2.60. The average Bonchev–Trinajstić information content (AvgIpc) is 2.54. The van der Waals surface area contributed by atoms with Crippen molar-refractivity contribution in [2.45, 2.75) is 53.1 Å². The van der Waals surface area contributed by atoms with Crippen LogP contribution in [0.1, 0.15) is 44.7 Å². The molecule has 0 aliphatic heterocycles. The van der Waals surface area contributed by atoms with Gasteiger partial charge in [0.2, 0.25) is 0 Å². The van der Waals surface area contributed by atoms with Crippen molar-refractivity contribution < 1.29 is 18.7 Å². The van der Waals surface area contributed by atoms with Crippen LogP contribution in [0.15, 0.2) is 27.4 Å². The Bertz CT molecular complexity index is 775. The minimum Gasteiger partial charge on any atom is -0.479 e. The van der Waals surface area contributed by atoms with Crippen LogP contribution in [0, 0.1) is 6.92 Å². The molecule has 24 heavy (non-hydrogen) atoms. The van der Waals surface area contributed by atoms with Gasteiger partial charge in [0, 0.05) is 17.0 Å². The predicted octanol–water partition coefficient (Wildman–Crippen LogP) is 3.77. The summed E-state index contributed by atoms with van der Waals surface area (Å²) in [5, 5.41) is 0.886. The van der Waals surface area contributed by atoms with E-state index in [0.29, 0.717) is 17.9 Å². The second-order valence-corrected chi connectivity index (χ2v) is 5.77. The van der Waals surface area contributed by atoms with E-state index in [-0.39, 0.29) is 5.63 Å². The highest BCUT2D eigenvalue weighted by Crippen LogP contribution is 2.25. The van der Waals surface area contributed by atoms with Crippen LogP contribution in [-0.4, -0.2) is 18.7 Å². The number of rotatable bonds is 7. The zero-order chi connectivity index (χ0) is 17.7. The van der Waals surface area contributed by atoms with Gasteiger partial charge in [0.15, 0.2) is 6.10 Å². The van der Waals surface area contributed by atoms with Crippen molar-refractivity contribution in [2.24, 2.45) is 0 Å². The molecular formula is C19H24O5. The number of esters is 1. The van der Waals surface area contributed by atoms with E-state index in [4.69, 9.17) is 13.9 Å². The first-order chi connectivity index (χ1) is 11.5. The third-order valence-corrected chi connectivity index (χ3v) is 3.97. The lowest BCUT2D eigenvalue weighted by molar-refractivity contribution is -0.150. The van der Waals surface area contributed by atoms with Crippen molar-refractivity contribution >= 4 is 16.9 Å². The first-order valence-corrected chi connectivity index (χ1v) is 8.37. The number of hydrogen-bond donors (Lipinski definition) is 0. The largest absolute Gasteiger partial charge is 0.479 e. The highest BCUT2D eigenvalue weighted by Gasteiger charge is 2.17. The van der Waals surface area contributed by atoms with Gasteiger partial charge in [-0.3, -0.25) is 0 Å². The van der Waals surface area contributed by atoms with E-state index in [2.05, 4.69) is 6.92 Å². The van der Waals surface area contributed by atoms with Crippen molar-refractivity contribution in [3.63, 3.8) is 0 Å². The first kappa shape index (κ1) is 18.0. The van der Waals surface area contributed by atoms with Crippen LogP contribution < -0.4 is 10.4 Å². The zero-order valence-corrected chi connectivity index (χ0v) is 14.7. The molecule has 1 atom stereocenters. The first-order valence-electron chi connectivity index (χ1n) is 8.37. The molecule has 0 N–H and O–H groups in total. The van der Waals surface area contributed by atoms with Gasteiger partial charge in [-0.2, -0.15) is 0 Å². The van der Waals surface area contributed by atoms with Crippen LogP contribution in [0.3, 0.4) is 0 Å². The molecule has 0 radical (unpaired) electrons. The summed E-state index contributed by atoms with van der Waals surface area (Å²) in [5.41, 5.74) is 1.84. The number of benzene rings is 1. The molecule has 1 heterocycles. The molecule has 0 saturated carbocycles. The quantitative estimate of drug-likeness (QED) is 0.570. The second-order valence-electron chi connectivity index (χ2n) is 5.77. The normalized spacial score (nSPS) is 12.2. The molecule has 0 spiro atoms. The summed E-state index contributed by atoms with van der Waals surface area (Å²) in [7, 11) is 0. The monoisotopic (exact) mass is 332 g/mol. The van der Waals surface area contributed by atoms with Crippen LogP contribution in [0.5, 0.6) is 5.75 Å². The molecule has 0 amide bonds. The number of carbonyl (C=O) groups is 1. The Balaban J connectivity index is 2.31. The highest BCUT2D eigenvalue weighted by molar-refractivity contribution is 5.82. The lowest BCUT2D eigenvalue weighted by Gasteiger charge is -2.14. The Kier molecular flexibility index (Phi) is 6.01. The Labute approximate surface area is 141 Å². The summed E-state index contributed by atoms with van der Waals surface area (Å²) in [6.07, 6.45) is 1.97. The standard InChI is InChI=1S/C19H24O5/c1-5-7-8-16-12(3)15-10-9-14(11-17(15)24-19(16)21)23-13(4)18(20)22-6-2/h9-11,13H,5-8H2,1-4H3/t13-/m1/s1. The van der Waals surface area contributed by atoms with Gasteiger partial charge in [0.05, 0.1) is 6.61 Å². The molecule has 0 saturated heterocycles. The summed E-state index contributed by atoms with van der Waals surface area (Å²) in [6.45, 7) is 7.70. The number of hydrogen-bond acceptors (Lipinski definition) is 5. The van der Waals surface area contributed by atoms with Crippen LogP contribution in [0.4, 0.5) is 0 Å². The molecule has 1 aromatic heterocycles. The summed E-state index contributed by atoms with van der Waals surface area (Å²) < 4.78 is 15.9. The van der Waals surface area contributed by atoms with E-state index in [1.165, 1.54) is 0 Å².